The van der Waals surface area contributed by atoms with Gasteiger partial charge in [-0.25, -0.2) is 4.39 Å². The molecule has 0 radical (unpaired) electrons. The first-order valence-electron chi connectivity index (χ1n) is 6.40. The molecule has 5 heteroatoms. The Labute approximate surface area is 117 Å². The summed E-state index contributed by atoms with van der Waals surface area (Å²) in [7, 11) is 1.68. The zero-order valence-electron chi connectivity index (χ0n) is 10.8. The van der Waals surface area contributed by atoms with Gasteiger partial charge in [-0.15, -0.1) is 11.6 Å². The van der Waals surface area contributed by atoms with Crippen LogP contribution in [0.2, 0.25) is 0 Å². The Bertz CT molecular complexity index is 481. The Kier molecular flexibility index (Phi) is 4.30. The van der Waals surface area contributed by atoms with Crippen molar-refractivity contribution >= 4 is 17.5 Å². The lowest BCUT2D eigenvalue weighted by atomic mass is 9.93. The van der Waals surface area contributed by atoms with Crippen molar-refractivity contribution in [3.63, 3.8) is 0 Å². The van der Waals surface area contributed by atoms with Gasteiger partial charge < -0.3 is 10.0 Å². The van der Waals surface area contributed by atoms with Crippen molar-refractivity contribution in [2.75, 3.05) is 7.05 Å². The summed E-state index contributed by atoms with van der Waals surface area (Å²) in [6.07, 6.45) is 3.87. The second-order valence-corrected chi connectivity index (χ2v) is 5.51. The number of nitrogens with zero attached hydrogens (tertiary/aromatic N) is 1. The molecular weight excluding hydrogens is 269 g/mol. The molecule has 1 fully saturated rings. The van der Waals surface area contributed by atoms with Gasteiger partial charge >= 0.3 is 0 Å². The first-order valence-corrected chi connectivity index (χ1v) is 6.84. The lowest BCUT2D eigenvalue weighted by Crippen LogP contribution is -2.44. The Morgan fingerprint density at radius 2 is 2.11 bits per heavy atom. The number of hydrogen-bond donors (Lipinski definition) is 1. The van der Waals surface area contributed by atoms with Gasteiger partial charge in [-0.2, -0.15) is 0 Å². The summed E-state index contributed by atoms with van der Waals surface area (Å²) in [4.78, 5) is 13.9. The number of halogens is 2. The first kappa shape index (κ1) is 14.1. The summed E-state index contributed by atoms with van der Waals surface area (Å²) in [6.45, 7) is 0. The maximum absolute atomic E-state index is 12.9. The summed E-state index contributed by atoms with van der Waals surface area (Å²) < 4.78 is 12.9. The predicted octanol–water partition coefficient (Wildman–Crippen LogP) is 3.15. The molecule has 1 aromatic rings. The Hall–Kier alpha value is -1.29. The highest BCUT2D eigenvalue weighted by Gasteiger charge is 2.30. The topological polar surface area (TPSA) is 40.5 Å². The third-order valence-corrected chi connectivity index (χ3v) is 4.16. The molecule has 0 bridgehead atoms. The van der Waals surface area contributed by atoms with Crippen LogP contribution in [0, 0.1) is 5.82 Å². The third kappa shape index (κ3) is 3.00. The molecule has 19 heavy (non-hydrogen) atoms. The molecule has 2 atom stereocenters. The van der Waals surface area contributed by atoms with E-state index in [4.69, 9.17) is 11.6 Å². The zero-order chi connectivity index (χ0) is 14.0. The number of carbonyl (C=O) groups is 1. The number of alkyl halides is 1. The van der Waals surface area contributed by atoms with Crippen LogP contribution in [0.3, 0.4) is 0 Å². The van der Waals surface area contributed by atoms with Crippen molar-refractivity contribution < 1.29 is 14.3 Å². The van der Waals surface area contributed by atoms with Crippen LogP contribution in [0.5, 0.6) is 5.75 Å². The molecule has 0 saturated heterocycles. The summed E-state index contributed by atoms with van der Waals surface area (Å²) in [5.74, 6) is -1.22. The molecule has 104 valence electrons. The molecule has 2 rings (SSSR count). The van der Waals surface area contributed by atoms with E-state index in [0.29, 0.717) is 0 Å². The van der Waals surface area contributed by atoms with Crippen molar-refractivity contribution in [1.29, 1.82) is 0 Å². The molecule has 0 aromatic heterocycles. The highest BCUT2D eigenvalue weighted by molar-refractivity contribution is 6.21. The van der Waals surface area contributed by atoms with E-state index in [1.165, 1.54) is 12.1 Å². The van der Waals surface area contributed by atoms with Crippen LogP contribution in [-0.4, -0.2) is 34.4 Å². The number of aromatic hydroxyl groups is 1. The molecule has 1 aromatic carbocycles. The molecule has 2 unspecified atom stereocenters. The van der Waals surface area contributed by atoms with Gasteiger partial charge in [-0.1, -0.05) is 12.8 Å². The Balaban J connectivity index is 2.18. The smallest absolute Gasteiger partial charge is 0.257 e. The number of phenolic OH excluding ortho intramolecular Hbond substituents is 1. The van der Waals surface area contributed by atoms with E-state index in [-0.39, 0.29) is 28.6 Å². The van der Waals surface area contributed by atoms with E-state index in [1.54, 1.807) is 11.9 Å². The molecule has 1 N–H and O–H groups in total. The van der Waals surface area contributed by atoms with Gasteiger partial charge in [0.05, 0.1) is 10.9 Å². The zero-order valence-corrected chi connectivity index (χ0v) is 11.5. The Morgan fingerprint density at radius 1 is 1.42 bits per heavy atom. The van der Waals surface area contributed by atoms with E-state index < -0.39 is 5.82 Å². The van der Waals surface area contributed by atoms with Gasteiger partial charge in [0.2, 0.25) is 0 Å². The van der Waals surface area contributed by atoms with Gasteiger partial charge in [-0.05, 0) is 25.0 Å². The fraction of sp³-hybridized carbons (Fsp3) is 0.500. The van der Waals surface area contributed by atoms with Crippen molar-refractivity contribution in [3.8, 4) is 5.75 Å². The van der Waals surface area contributed by atoms with Crippen molar-refractivity contribution in [2.45, 2.75) is 37.1 Å². The van der Waals surface area contributed by atoms with E-state index in [2.05, 4.69) is 0 Å². The van der Waals surface area contributed by atoms with Gasteiger partial charge in [-0.3, -0.25) is 4.79 Å². The summed E-state index contributed by atoms with van der Waals surface area (Å²) in [5.41, 5.74) is 0.110. The van der Waals surface area contributed by atoms with Crippen LogP contribution in [0.15, 0.2) is 18.2 Å². The average Bonchev–Trinajstić information content (AvgIpc) is 2.38. The molecule has 3 nitrogen and oxygen atoms in total. The molecule has 0 aliphatic heterocycles. The van der Waals surface area contributed by atoms with Gasteiger partial charge in [0.1, 0.15) is 11.6 Å². The third-order valence-electron chi connectivity index (χ3n) is 3.66. The van der Waals surface area contributed by atoms with Crippen LogP contribution in [0.1, 0.15) is 36.0 Å². The Morgan fingerprint density at radius 3 is 2.74 bits per heavy atom. The normalized spacial score (nSPS) is 23.1. The minimum Gasteiger partial charge on any atom is -0.507 e. The predicted molar refractivity (Wildman–Crippen MR) is 72.1 cm³/mol. The molecule has 1 amide bonds. The van der Waals surface area contributed by atoms with Crippen molar-refractivity contribution in [1.82, 2.24) is 4.90 Å². The van der Waals surface area contributed by atoms with Crippen LogP contribution in [-0.2, 0) is 0 Å². The SMILES string of the molecule is CN(C(=O)c1ccc(F)cc1O)C1CCCCC1Cl. The standard InChI is InChI=1S/C14H17ClFNO2/c1-17(12-5-3-2-4-11(12)15)14(19)10-7-6-9(16)8-13(10)18/h6-8,11-12,18H,2-5H2,1H3. The second-order valence-electron chi connectivity index (χ2n) is 4.95. The number of benzene rings is 1. The fourth-order valence-corrected chi connectivity index (χ4v) is 2.98. The minimum absolute atomic E-state index is 0.0348. The van der Waals surface area contributed by atoms with Crippen LogP contribution in [0.25, 0.3) is 0 Å². The second kappa shape index (κ2) is 5.78. The van der Waals surface area contributed by atoms with Crippen molar-refractivity contribution in [2.24, 2.45) is 0 Å². The highest BCUT2D eigenvalue weighted by Crippen LogP contribution is 2.28. The number of rotatable bonds is 2. The molecule has 1 aliphatic rings. The quantitative estimate of drug-likeness (QED) is 0.848. The van der Waals surface area contributed by atoms with Crippen LogP contribution >= 0.6 is 11.6 Å². The summed E-state index contributed by atoms with van der Waals surface area (Å²) in [6, 6.07) is 3.38. The lowest BCUT2D eigenvalue weighted by molar-refractivity contribution is 0.0697. The highest BCUT2D eigenvalue weighted by atomic mass is 35.5. The minimum atomic E-state index is -0.565. The summed E-state index contributed by atoms with van der Waals surface area (Å²) in [5, 5.41) is 9.59. The number of amides is 1. The summed E-state index contributed by atoms with van der Waals surface area (Å²) >= 11 is 6.26. The first-order chi connectivity index (χ1) is 9.00. The maximum Gasteiger partial charge on any atom is 0.257 e. The van der Waals surface area contributed by atoms with Crippen LogP contribution in [0.4, 0.5) is 4.39 Å². The van der Waals surface area contributed by atoms with Gasteiger partial charge in [0, 0.05) is 19.2 Å². The fourth-order valence-electron chi connectivity index (χ4n) is 2.53. The average molecular weight is 286 g/mol. The van der Waals surface area contributed by atoms with E-state index >= 15 is 0 Å². The monoisotopic (exact) mass is 285 g/mol. The lowest BCUT2D eigenvalue weighted by Gasteiger charge is -2.35. The van der Waals surface area contributed by atoms with E-state index in [9.17, 15) is 14.3 Å². The number of hydrogen-bond acceptors (Lipinski definition) is 2. The maximum atomic E-state index is 12.9. The van der Waals surface area contributed by atoms with E-state index in [0.717, 1.165) is 31.7 Å². The largest absolute Gasteiger partial charge is 0.507 e. The van der Waals surface area contributed by atoms with Gasteiger partial charge in [0.25, 0.3) is 5.91 Å². The van der Waals surface area contributed by atoms with E-state index in [1.807, 2.05) is 0 Å². The number of phenols is 1. The molecule has 0 heterocycles. The van der Waals surface area contributed by atoms with Crippen molar-refractivity contribution in [3.05, 3.63) is 29.6 Å². The van der Waals surface area contributed by atoms with Gasteiger partial charge in [0.15, 0.2) is 0 Å². The molecular formula is C14H17ClFNO2. The molecule has 1 saturated carbocycles. The van der Waals surface area contributed by atoms with Crippen LogP contribution < -0.4 is 0 Å². The molecule has 0 spiro atoms. The number of carbonyl (C=O) groups excluding carboxylic acids is 1. The molecule has 1 aliphatic carbocycles.